The highest BCUT2D eigenvalue weighted by atomic mass is 16.2. The summed E-state index contributed by atoms with van der Waals surface area (Å²) in [6.45, 7) is 6.10. The Hall–Kier alpha value is -3.48. The molecule has 2 N–H and O–H groups in total. The molecule has 3 rings (SSSR count). The normalized spacial score (nSPS) is 10.9. The fourth-order valence-corrected chi connectivity index (χ4v) is 3.02. The van der Waals surface area contributed by atoms with Crippen LogP contribution < -0.4 is 16.2 Å². The molecular formula is C22H24N4O3. The maximum absolute atomic E-state index is 12.6. The Morgan fingerprint density at radius 2 is 1.69 bits per heavy atom. The van der Waals surface area contributed by atoms with E-state index in [0.717, 1.165) is 10.1 Å². The predicted octanol–water partition coefficient (Wildman–Crippen LogP) is 2.73. The zero-order valence-corrected chi connectivity index (χ0v) is 16.7. The van der Waals surface area contributed by atoms with Crippen LogP contribution in [0.3, 0.4) is 0 Å². The maximum Gasteiger partial charge on any atom is 0.275 e. The van der Waals surface area contributed by atoms with E-state index >= 15 is 0 Å². The summed E-state index contributed by atoms with van der Waals surface area (Å²) in [5.41, 5.74) is 1.10. The average molecular weight is 392 g/mol. The minimum atomic E-state index is -0.432. The molecule has 2 aromatic carbocycles. The van der Waals surface area contributed by atoms with E-state index in [9.17, 15) is 14.4 Å². The molecule has 0 radical (unpaired) electrons. The van der Waals surface area contributed by atoms with E-state index in [0.29, 0.717) is 34.8 Å². The second kappa shape index (κ2) is 8.68. The van der Waals surface area contributed by atoms with Crippen molar-refractivity contribution in [1.29, 1.82) is 0 Å². The van der Waals surface area contributed by atoms with Gasteiger partial charge < -0.3 is 10.6 Å². The van der Waals surface area contributed by atoms with Crippen molar-refractivity contribution in [3.8, 4) is 0 Å². The molecule has 3 aromatic rings. The van der Waals surface area contributed by atoms with Crippen LogP contribution in [0.4, 0.5) is 5.69 Å². The van der Waals surface area contributed by atoms with Gasteiger partial charge in [-0.3, -0.25) is 14.4 Å². The number of aryl methyl sites for hydroxylation is 1. The van der Waals surface area contributed by atoms with Gasteiger partial charge >= 0.3 is 0 Å². The Morgan fingerprint density at radius 3 is 2.41 bits per heavy atom. The summed E-state index contributed by atoms with van der Waals surface area (Å²) < 4.78 is 1.15. The van der Waals surface area contributed by atoms with Gasteiger partial charge in [0.25, 0.3) is 11.5 Å². The molecule has 0 aliphatic heterocycles. The second-order valence-corrected chi connectivity index (χ2v) is 7.29. The number of hydrogen-bond donors (Lipinski definition) is 2. The molecule has 1 aromatic heterocycles. The summed E-state index contributed by atoms with van der Waals surface area (Å²) in [6.07, 6.45) is 0. The number of amides is 2. The summed E-state index contributed by atoms with van der Waals surface area (Å²) in [6, 6.07) is 13.9. The number of carbonyl (C=O) groups excluding carboxylic acids is 2. The third kappa shape index (κ3) is 4.68. The highest BCUT2D eigenvalue weighted by molar-refractivity contribution is 6.03. The molecule has 7 heteroatoms. The lowest BCUT2D eigenvalue weighted by molar-refractivity contribution is -0.117. The van der Waals surface area contributed by atoms with Gasteiger partial charge in [-0.25, -0.2) is 4.68 Å². The van der Waals surface area contributed by atoms with Crippen molar-refractivity contribution in [2.45, 2.75) is 27.3 Å². The number of carbonyl (C=O) groups is 2. The lowest BCUT2D eigenvalue weighted by atomic mass is 10.1. The monoisotopic (exact) mass is 392 g/mol. The molecule has 0 bridgehead atoms. The number of fused-ring (bicyclic) bond motifs is 1. The van der Waals surface area contributed by atoms with Gasteiger partial charge in [-0.2, -0.15) is 5.10 Å². The van der Waals surface area contributed by atoms with Crippen molar-refractivity contribution in [3.63, 3.8) is 0 Å². The van der Waals surface area contributed by atoms with Gasteiger partial charge in [0.2, 0.25) is 5.91 Å². The largest absolute Gasteiger partial charge is 0.352 e. The molecule has 0 saturated carbocycles. The first-order valence-corrected chi connectivity index (χ1v) is 9.50. The van der Waals surface area contributed by atoms with Gasteiger partial charge in [0.1, 0.15) is 6.54 Å². The van der Waals surface area contributed by atoms with Crippen LogP contribution in [0.2, 0.25) is 0 Å². The highest BCUT2D eigenvalue weighted by Crippen LogP contribution is 2.16. The first kappa shape index (κ1) is 20.3. The Kier molecular flexibility index (Phi) is 6.07. The number of benzene rings is 2. The van der Waals surface area contributed by atoms with Crippen molar-refractivity contribution >= 4 is 28.3 Å². The second-order valence-electron chi connectivity index (χ2n) is 7.29. The zero-order valence-electron chi connectivity index (χ0n) is 16.7. The fourth-order valence-electron chi connectivity index (χ4n) is 3.02. The van der Waals surface area contributed by atoms with Crippen molar-refractivity contribution in [2.24, 2.45) is 5.92 Å². The summed E-state index contributed by atoms with van der Waals surface area (Å²) >= 11 is 0. The molecule has 1 heterocycles. The van der Waals surface area contributed by atoms with Gasteiger partial charge in [0.05, 0.1) is 22.3 Å². The Morgan fingerprint density at radius 1 is 1.03 bits per heavy atom. The molecule has 150 valence electrons. The molecule has 0 fully saturated rings. The maximum atomic E-state index is 12.6. The highest BCUT2D eigenvalue weighted by Gasteiger charge is 2.15. The van der Waals surface area contributed by atoms with Crippen LogP contribution in [0.1, 0.15) is 29.9 Å². The van der Waals surface area contributed by atoms with Crippen molar-refractivity contribution in [1.82, 2.24) is 15.1 Å². The topological polar surface area (TPSA) is 93.1 Å². The number of para-hydroxylation sites is 1. The van der Waals surface area contributed by atoms with Crippen LogP contribution in [-0.2, 0) is 11.3 Å². The van der Waals surface area contributed by atoms with Gasteiger partial charge in [0, 0.05) is 11.9 Å². The molecule has 0 unspecified atom stereocenters. The van der Waals surface area contributed by atoms with Crippen LogP contribution in [0, 0.1) is 12.8 Å². The third-order valence-electron chi connectivity index (χ3n) is 4.46. The minimum absolute atomic E-state index is 0.244. The molecular weight excluding hydrogens is 368 g/mol. The Labute approximate surface area is 168 Å². The van der Waals surface area contributed by atoms with Gasteiger partial charge in [-0.05, 0) is 31.0 Å². The number of anilines is 1. The first-order chi connectivity index (χ1) is 13.9. The third-order valence-corrected chi connectivity index (χ3v) is 4.46. The number of rotatable bonds is 6. The molecule has 0 spiro atoms. The first-order valence-electron chi connectivity index (χ1n) is 9.50. The molecule has 0 aliphatic rings. The van der Waals surface area contributed by atoms with E-state index in [1.54, 1.807) is 43.3 Å². The molecule has 7 nitrogen and oxygen atoms in total. The van der Waals surface area contributed by atoms with Crippen LogP contribution >= 0.6 is 0 Å². The molecule has 0 aliphatic carbocycles. The van der Waals surface area contributed by atoms with Gasteiger partial charge in [-0.1, -0.05) is 44.2 Å². The van der Waals surface area contributed by atoms with E-state index in [2.05, 4.69) is 15.7 Å². The average Bonchev–Trinajstić information content (AvgIpc) is 2.70. The Bertz CT molecular complexity index is 1120. The standard InChI is InChI=1S/C22H24N4O3/c1-14(2)12-23-21(28)18-10-6-7-11-19(18)24-20(27)13-26-22(29)17-9-5-4-8-16(17)15(3)25-26/h4-11,14H,12-13H2,1-3H3,(H,23,28)(H,24,27). The van der Waals surface area contributed by atoms with E-state index in [1.165, 1.54) is 0 Å². The summed E-state index contributed by atoms with van der Waals surface area (Å²) in [5.74, 6) is -0.375. The van der Waals surface area contributed by atoms with Crippen LogP contribution in [0.15, 0.2) is 53.3 Å². The lowest BCUT2D eigenvalue weighted by Gasteiger charge is -2.13. The Balaban J connectivity index is 1.80. The molecule has 0 atom stereocenters. The molecule has 29 heavy (non-hydrogen) atoms. The van der Waals surface area contributed by atoms with Crippen molar-refractivity contribution in [2.75, 3.05) is 11.9 Å². The van der Waals surface area contributed by atoms with E-state index in [4.69, 9.17) is 0 Å². The fraction of sp³-hybridized carbons (Fsp3) is 0.273. The summed E-state index contributed by atoms with van der Waals surface area (Å²) in [7, 11) is 0. The van der Waals surface area contributed by atoms with Crippen LogP contribution in [0.5, 0.6) is 0 Å². The zero-order chi connectivity index (χ0) is 21.0. The summed E-state index contributed by atoms with van der Waals surface area (Å²) in [4.78, 5) is 37.7. The lowest BCUT2D eigenvalue weighted by Crippen LogP contribution is -2.31. The molecule has 0 saturated heterocycles. The van der Waals surface area contributed by atoms with Crippen LogP contribution in [-0.4, -0.2) is 28.1 Å². The number of nitrogens with one attached hydrogen (secondary N) is 2. The smallest absolute Gasteiger partial charge is 0.275 e. The van der Waals surface area contributed by atoms with Gasteiger partial charge in [-0.15, -0.1) is 0 Å². The quantitative estimate of drug-likeness (QED) is 0.675. The van der Waals surface area contributed by atoms with E-state index in [-0.39, 0.29) is 18.0 Å². The minimum Gasteiger partial charge on any atom is -0.352 e. The van der Waals surface area contributed by atoms with Gasteiger partial charge in [0.15, 0.2) is 0 Å². The predicted molar refractivity (Wildman–Crippen MR) is 113 cm³/mol. The SMILES string of the molecule is Cc1nn(CC(=O)Nc2ccccc2C(=O)NCC(C)C)c(=O)c2ccccc12. The van der Waals surface area contributed by atoms with Crippen molar-refractivity contribution < 1.29 is 9.59 Å². The number of nitrogens with zero attached hydrogens (tertiary/aromatic N) is 2. The van der Waals surface area contributed by atoms with Crippen LogP contribution in [0.25, 0.3) is 10.8 Å². The summed E-state index contributed by atoms with van der Waals surface area (Å²) in [5, 5.41) is 11.1. The van der Waals surface area contributed by atoms with E-state index < -0.39 is 5.91 Å². The molecule has 2 amide bonds. The van der Waals surface area contributed by atoms with E-state index in [1.807, 2.05) is 26.0 Å². The number of aromatic nitrogens is 2. The number of hydrogen-bond acceptors (Lipinski definition) is 4. The van der Waals surface area contributed by atoms with Crippen molar-refractivity contribution in [3.05, 3.63) is 70.1 Å².